The van der Waals surface area contributed by atoms with Crippen LogP contribution in [0.4, 0.5) is 17.1 Å². The average Bonchev–Trinajstić information content (AvgIpc) is 3.65. The van der Waals surface area contributed by atoms with E-state index in [4.69, 9.17) is 0 Å². The minimum Gasteiger partial charge on any atom is -0.310 e. The number of fused-ring (bicyclic) bond motifs is 8. The van der Waals surface area contributed by atoms with E-state index in [2.05, 4.69) is 157 Å². The third-order valence-corrected chi connectivity index (χ3v) is 11.0. The fraction of sp³-hybridized carbons (Fsp3) is 0. The van der Waals surface area contributed by atoms with Gasteiger partial charge in [-0.25, -0.2) is 0 Å². The normalized spacial score (nSPS) is 11.7. The van der Waals surface area contributed by atoms with Crippen LogP contribution in [0, 0.1) is 0 Å². The standard InChI is InChI=1S/C40H25NS2/c1-3-13-26(14-4-1)41(27-15-5-2-6-16-27)36-25-35-34-23-12-22-33(39(34)43-40(35)30-19-8-7-17-28(30)36)32-21-11-20-31-29-18-9-10-24-37(29)42-38(31)32/h1-25H. The van der Waals surface area contributed by atoms with Gasteiger partial charge in [-0.15, -0.1) is 22.7 Å². The molecular weight excluding hydrogens is 559 g/mol. The fourth-order valence-corrected chi connectivity index (χ4v) is 9.12. The number of thiophene rings is 2. The maximum absolute atomic E-state index is 2.42. The van der Waals surface area contributed by atoms with Crippen LogP contribution in [0.2, 0.25) is 0 Å². The van der Waals surface area contributed by atoms with Crippen molar-refractivity contribution in [3.8, 4) is 11.1 Å². The van der Waals surface area contributed by atoms with Crippen molar-refractivity contribution in [3.05, 3.63) is 152 Å². The summed E-state index contributed by atoms with van der Waals surface area (Å²) in [4.78, 5) is 2.40. The van der Waals surface area contributed by atoms with Gasteiger partial charge in [0.2, 0.25) is 0 Å². The van der Waals surface area contributed by atoms with Gasteiger partial charge < -0.3 is 4.90 Å². The van der Waals surface area contributed by atoms with Gasteiger partial charge in [0.25, 0.3) is 0 Å². The van der Waals surface area contributed by atoms with Gasteiger partial charge in [-0.05, 0) is 36.4 Å². The van der Waals surface area contributed by atoms with Crippen LogP contribution in [0.1, 0.15) is 0 Å². The van der Waals surface area contributed by atoms with Crippen molar-refractivity contribution in [3.63, 3.8) is 0 Å². The van der Waals surface area contributed by atoms with Gasteiger partial charge in [-0.3, -0.25) is 0 Å². The number of para-hydroxylation sites is 2. The predicted molar refractivity (Wildman–Crippen MR) is 190 cm³/mol. The molecule has 2 heterocycles. The van der Waals surface area contributed by atoms with E-state index in [-0.39, 0.29) is 0 Å². The van der Waals surface area contributed by atoms with Crippen LogP contribution in [-0.4, -0.2) is 0 Å². The van der Waals surface area contributed by atoms with E-state index < -0.39 is 0 Å². The van der Waals surface area contributed by atoms with E-state index in [0.717, 1.165) is 11.4 Å². The molecule has 0 bridgehead atoms. The second-order valence-corrected chi connectivity index (χ2v) is 13.0. The van der Waals surface area contributed by atoms with Gasteiger partial charge in [0.15, 0.2) is 0 Å². The molecule has 0 amide bonds. The topological polar surface area (TPSA) is 3.24 Å². The second-order valence-electron chi connectivity index (χ2n) is 10.9. The first-order valence-corrected chi connectivity index (χ1v) is 16.2. The first-order chi connectivity index (χ1) is 21.3. The number of hydrogen-bond donors (Lipinski definition) is 0. The van der Waals surface area contributed by atoms with Crippen LogP contribution in [0.5, 0.6) is 0 Å². The Labute approximate surface area is 257 Å². The molecule has 2 aromatic heterocycles. The Morgan fingerprint density at radius 2 is 0.837 bits per heavy atom. The van der Waals surface area contributed by atoms with E-state index in [1.807, 2.05) is 22.7 Å². The van der Waals surface area contributed by atoms with Crippen LogP contribution in [0.15, 0.2) is 152 Å². The summed E-state index contributed by atoms with van der Waals surface area (Å²) in [6.45, 7) is 0. The van der Waals surface area contributed by atoms with Gasteiger partial charge in [-0.1, -0.05) is 115 Å². The number of benzene rings is 7. The first-order valence-electron chi connectivity index (χ1n) is 14.5. The molecule has 0 saturated heterocycles. The maximum Gasteiger partial charge on any atom is 0.0547 e. The molecule has 7 aromatic carbocycles. The number of anilines is 3. The van der Waals surface area contributed by atoms with Crippen molar-refractivity contribution < 1.29 is 0 Å². The van der Waals surface area contributed by atoms with Crippen LogP contribution in [-0.2, 0) is 0 Å². The van der Waals surface area contributed by atoms with E-state index in [9.17, 15) is 0 Å². The van der Waals surface area contributed by atoms with Crippen molar-refractivity contribution in [1.82, 2.24) is 0 Å². The summed E-state index contributed by atoms with van der Waals surface area (Å²) in [5.74, 6) is 0. The minimum absolute atomic E-state index is 1.15. The highest BCUT2D eigenvalue weighted by molar-refractivity contribution is 7.28. The lowest BCUT2D eigenvalue weighted by atomic mass is 9.99. The summed E-state index contributed by atoms with van der Waals surface area (Å²) in [5.41, 5.74) is 6.11. The van der Waals surface area contributed by atoms with Crippen LogP contribution in [0.25, 0.3) is 62.2 Å². The number of rotatable bonds is 4. The summed E-state index contributed by atoms with van der Waals surface area (Å²) in [7, 11) is 0. The Bertz CT molecular complexity index is 2410. The quantitative estimate of drug-likeness (QED) is 0.199. The second kappa shape index (κ2) is 9.81. The molecule has 0 N–H and O–H groups in total. The molecule has 0 aliphatic heterocycles. The average molecular weight is 584 g/mol. The number of hydrogen-bond acceptors (Lipinski definition) is 3. The summed E-state index contributed by atoms with van der Waals surface area (Å²) >= 11 is 3.83. The van der Waals surface area contributed by atoms with E-state index in [1.54, 1.807) is 0 Å². The zero-order chi connectivity index (χ0) is 28.3. The van der Waals surface area contributed by atoms with Crippen LogP contribution in [0.3, 0.4) is 0 Å². The molecule has 9 aromatic rings. The highest BCUT2D eigenvalue weighted by atomic mass is 32.1. The first kappa shape index (κ1) is 24.6. The SMILES string of the molecule is c1ccc(N(c2ccccc2)c2cc3c4cccc(-c5cccc6c5sc5ccccc56)c4sc3c3ccccc23)cc1. The van der Waals surface area contributed by atoms with Gasteiger partial charge in [0.1, 0.15) is 0 Å². The Morgan fingerprint density at radius 1 is 0.349 bits per heavy atom. The Kier molecular flexibility index (Phi) is 5.62. The minimum atomic E-state index is 1.15. The molecule has 0 fully saturated rings. The monoisotopic (exact) mass is 583 g/mol. The van der Waals surface area contributed by atoms with Crippen molar-refractivity contribution in [2.75, 3.05) is 4.90 Å². The highest BCUT2D eigenvalue weighted by Crippen LogP contribution is 2.49. The molecule has 0 radical (unpaired) electrons. The zero-order valence-electron chi connectivity index (χ0n) is 23.2. The largest absolute Gasteiger partial charge is 0.310 e. The van der Waals surface area contributed by atoms with E-state index in [1.165, 1.54) is 67.9 Å². The van der Waals surface area contributed by atoms with Crippen molar-refractivity contribution in [2.24, 2.45) is 0 Å². The Hall–Kier alpha value is -4.96. The van der Waals surface area contributed by atoms with Gasteiger partial charge in [-0.2, -0.15) is 0 Å². The van der Waals surface area contributed by atoms with Gasteiger partial charge in [0.05, 0.1) is 5.69 Å². The summed E-state index contributed by atoms with van der Waals surface area (Å²) in [6, 6.07) is 55.1. The molecule has 0 aliphatic rings. The summed E-state index contributed by atoms with van der Waals surface area (Å²) in [6.07, 6.45) is 0. The highest BCUT2D eigenvalue weighted by Gasteiger charge is 2.21. The van der Waals surface area contributed by atoms with Crippen molar-refractivity contribution in [2.45, 2.75) is 0 Å². The molecular formula is C40H25NS2. The van der Waals surface area contributed by atoms with Crippen LogP contribution >= 0.6 is 22.7 Å². The Morgan fingerprint density at radius 3 is 1.51 bits per heavy atom. The smallest absolute Gasteiger partial charge is 0.0547 e. The third-order valence-electron chi connectivity index (χ3n) is 8.45. The fourth-order valence-electron chi connectivity index (χ4n) is 6.54. The zero-order valence-corrected chi connectivity index (χ0v) is 24.8. The lowest BCUT2D eigenvalue weighted by Crippen LogP contribution is -2.10. The molecule has 0 spiro atoms. The lowest BCUT2D eigenvalue weighted by Gasteiger charge is -2.27. The van der Waals surface area contributed by atoms with Gasteiger partial charge in [0, 0.05) is 73.6 Å². The molecule has 0 saturated carbocycles. The molecule has 0 aliphatic carbocycles. The van der Waals surface area contributed by atoms with Crippen molar-refractivity contribution in [1.29, 1.82) is 0 Å². The molecule has 1 nitrogen and oxygen atoms in total. The van der Waals surface area contributed by atoms with Crippen LogP contribution < -0.4 is 4.90 Å². The third kappa shape index (κ3) is 3.82. The van der Waals surface area contributed by atoms with E-state index >= 15 is 0 Å². The van der Waals surface area contributed by atoms with Gasteiger partial charge >= 0.3 is 0 Å². The lowest BCUT2D eigenvalue weighted by molar-refractivity contribution is 1.30. The molecule has 9 rings (SSSR count). The molecule has 3 heteroatoms. The van der Waals surface area contributed by atoms with Crippen molar-refractivity contribution >= 4 is 90.9 Å². The number of nitrogens with zero attached hydrogens (tertiary/aromatic N) is 1. The summed E-state index contributed by atoms with van der Waals surface area (Å²) < 4.78 is 5.38. The molecule has 0 unspecified atom stereocenters. The van der Waals surface area contributed by atoms with E-state index in [0.29, 0.717) is 0 Å². The molecule has 43 heavy (non-hydrogen) atoms. The maximum atomic E-state index is 2.42. The molecule has 202 valence electrons. The predicted octanol–water partition coefficient (Wildman–Crippen LogP) is 12.7. The molecule has 0 atom stereocenters. The summed E-state index contributed by atoms with van der Waals surface area (Å²) in [5, 5.41) is 7.83. The Balaban J connectivity index is 1.36.